The molecule has 1 saturated heterocycles. The molecule has 4 rings (SSSR count). The molecule has 0 amide bonds. The third-order valence-electron chi connectivity index (χ3n) is 5.43. The van der Waals surface area contributed by atoms with Crippen molar-refractivity contribution in [3.05, 3.63) is 47.3 Å². The number of benzene rings is 2. The van der Waals surface area contributed by atoms with Crippen LogP contribution in [0.2, 0.25) is 0 Å². The highest BCUT2D eigenvalue weighted by molar-refractivity contribution is 5.92. The molecule has 3 N–H and O–H groups in total. The van der Waals surface area contributed by atoms with Crippen LogP contribution in [0.25, 0.3) is 10.9 Å². The first-order valence-electron chi connectivity index (χ1n) is 10.5. The van der Waals surface area contributed by atoms with E-state index in [0.717, 1.165) is 18.6 Å². The number of nitrogen functional groups attached to an aromatic ring is 1. The maximum absolute atomic E-state index is 13.3. The van der Waals surface area contributed by atoms with E-state index in [1.165, 1.54) is 6.07 Å². The molecular formula is C23H25F3N4O3. The van der Waals surface area contributed by atoms with Gasteiger partial charge in [-0.05, 0) is 43.7 Å². The number of fused-ring (bicyclic) bond motifs is 1. The van der Waals surface area contributed by atoms with Crippen LogP contribution in [-0.2, 0) is 10.9 Å². The van der Waals surface area contributed by atoms with Gasteiger partial charge in [-0.3, -0.25) is 0 Å². The molecule has 2 heterocycles. The fraction of sp³-hybridized carbons (Fsp3) is 0.391. The second kappa shape index (κ2) is 8.93. The van der Waals surface area contributed by atoms with Crippen molar-refractivity contribution < 1.29 is 27.4 Å². The second-order valence-electron chi connectivity index (χ2n) is 8.00. The van der Waals surface area contributed by atoms with Gasteiger partial charge < -0.3 is 25.3 Å². The Morgan fingerprint density at radius 2 is 1.94 bits per heavy atom. The fourth-order valence-electron chi connectivity index (χ4n) is 3.78. The van der Waals surface area contributed by atoms with Gasteiger partial charge in [0.1, 0.15) is 17.7 Å². The lowest BCUT2D eigenvalue weighted by molar-refractivity contribution is -0.137. The molecule has 10 heteroatoms. The Labute approximate surface area is 189 Å². The molecule has 7 nitrogen and oxygen atoms in total. The number of hydrogen-bond acceptors (Lipinski definition) is 7. The number of aromatic nitrogens is 2. The summed E-state index contributed by atoms with van der Waals surface area (Å²) in [6, 6.07) is 6.54. The Morgan fingerprint density at radius 1 is 1.15 bits per heavy atom. The number of halogens is 3. The highest BCUT2D eigenvalue weighted by Crippen LogP contribution is 2.37. The Morgan fingerprint density at radius 3 is 2.61 bits per heavy atom. The number of ether oxygens (including phenoxy) is 3. The van der Waals surface area contributed by atoms with Gasteiger partial charge in [0, 0.05) is 23.6 Å². The van der Waals surface area contributed by atoms with Crippen LogP contribution < -0.4 is 20.5 Å². The zero-order chi connectivity index (χ0) is 23.8. The van der Waals surface area contributed by atoms with Crippen LogP contribution in [-0.4, -0.2) is 36.4 Å². The largest absolute Gasteiger partial charge is 0.493 e. The van der Waals surface area contributed by atoms with Gasteiger partial charge in [0.2, 0.25) is 0 Å². The zero-order valence-electron chi connectivity index (χ0n) is 18.5. The van der Waals surface area contributed by atoms with Crippen molar-refractivity contribution in [3.8, 4) is 11.5 Å². The molecule has 0 bridgehead atoms. The average molecular weight is 462 g/mol. The summed E-state index contributed by atoms with van der Waals surface area (Å²) in [5.74, 6) is 2.01. The number of nitrogens with two attached hydrogens (primary N) is 1. The summed E-state index contributed by atoms with van der Waals surface area (Å²) >= 11 is 0. The van der Waals surface area contributed by atoms with E-state index in [1.807, 2.05) is 0 Å². The summed E-state index contributed by atoms with van der Waals surface area (Å²) in [7, 11) is 1.55. The first-order valence-corrected chi connectivity index (χ1v) is 10.5. The van der Waals surface area contributed by atoms with E-state index in [9.17, 15) is 13.2 Å². The van der Waals surface area contributed by atoms with E-state index < -0.39 is 17.8 Å². The van der Waals surface area contributed by atoms with E-state index in [0.29, 0.717) is 52.8 Å². The van der Waals surface area contributed by atoms with Crippen LogP contribution in [0.4, 0.5) is 24.7 Å². The molecule has 1 aliphatic rings. The normalized spacial score (nSPS) is 17.2. The quantitative estimate of drug-likeness (QED) is 0.504. The van der Waals surface area contributed by atoms with Gasteiger partial charge in [-0.2, -0.15) is 13.2 Å². The summed E-state index contributed by atoms with van der Waals surface area (Å²) in [6.45, 7) is 4.61. The minimum Gasteiger partial charge on any atom is -0.493 e. The SMILES string of the molecule is COc1cc2nc(C)nc(NC(C)c3cc(N)cc(C(F)(F)F)c3)c2cc1O[C@H]1CCOC1. The third-order valence-corrected chi connectivity index (χ3v) is 5.43. The number of nitrogens with one attached hydrogen (secondary N) is 1. The van der Waals surface area contributed by atoms with E-state index in [1.54, 1.807) is 33.1 Å². The highest BCUT2D eigenvalue weighted by Gasteiger charge is 2.31. The molecule has 2 atom stereocenters. The predicted molar refractivity (Wildman–Crippen MR) is 119 cm³/mol. The van der Waals surface area contributed by atoms with Crippen LogP contribution in [0.5, 0.6) is 11.5 Å². The lowest BCUT2D eigenvalue weighted by Gasteiger charge is -2.20. The minimum atomic E-state index is -4.49. The molecule has 1 aromatic heterocycles. The number of methoxy groups -OCH3 is 1. The molecule has 1 fully saturated rings. The van der Waals surface area contributed by atoms with Crippen molar-refractivity contribution in [3.63, 3.8) is 0 Å². The van der Waals surface area contributed by atoms with Crippen molar-refractivity contribution in [2.45, 2.75) is 38.6 Å². The number of hydrogen-bond donors (Lipinski definition) is 2. The molecule has 0 spiro atoms. The van der Waals surface area contributed by atoms with Gasteiger partial charge in [0.15, 0.2) is 11.5 Å². The van der Waals surface area contributed by atoms with Gasteiger partial charge in [0.25, 0.3) is 0 Å². The molecule has 176 valence electrons. The van der Waals surface area contributed by atoms with Crippen molar-refractivity contribution in [1.29, 1.82) is 0 Å². The molecule has 33 heavy (non-hydrogen) atoms. The molecule has 1 aliphatic heterocycles. The Hall–Kier alpha value is -3.27. The van der Waals surface area contributed by atoms with Gasteiger partial charge in [0.05, 0.1) is 37.4 Å². The lowest BCUT2D eigenvalue weighted by Crippen LogP contribution is -2.16. The van der Waals surface area contributed by atoms with Crippen LogP contribution >= 0.6 is 0 Å². The Bertz CT molecular complexity index is 1160. The van der Waals surface area contributed by atoms with Gasteiger partial charge >= 0.3 is 6.18 Å². The van der Waals surface area contributed by atoms with Crippen molar-refractivity contribution >= 4 is 22.4 Å². The fourth-order valence-corrected chi connectivity index (χ4v) is 3.78. The van der Waals surface area contributed by atoms with Crippen LogP contribution in [0, 0.1) is 6.92 Å². The number of rotatable bonds is 6. The van der Waals surface area contributed by atoms with Crippen molar-refractivity contribution in [2.75, 3.05) is 31.4 Å². The van der Waals surface area contributed by atoms with E-state index in [2.05, 4.69) is 15.3 Å². The molecule has 1 unspecified atom stereocenters. The predicted octanol–water partition coefficient (Wildman–Crippen LogP) is 4.89. The van der Waals surface area contributed by atoms with Gasteiger partial charge in [-0.15, -0.1) is 0 Å². The number of alkyl halides is 3. The van der Waals surface area contributed by atoms with Gasteiger partial charge in [-0.25, -0.2) is 9.97 Å². The van der Waals surface area contributed by atoms with Gasteiger partial charge in [-0.1, -0.05) is 0 Å². The number of aryl methyl sites for hydroxylation is 1. The lowest BCUT2D eigenvalue weighted by atomic mass is 10.0. The number of anilines is 2. The monoisotopic (exact) mass is 462 g/mol. The maximum Gasteiger partial charge on any atom is 0.416 e. The van der Waals surface area contributed by atoms with Crippen LogP contribution in [0.1, 0.15) is 36.3 Å². The maximum atomic E-state index is 13.3. The smallest absolute Gasteiger partial charge is 0.416 e. The summed E-state index contributed by atoms with van der Waals surface area (Å²) in [5.41, 5.74) is 5.99. The first-order chi connectivity index (χ1) is 15.6. The average Bonchev–Trinajstić information content (AvgIpc) is 3.25. The molecule has 2 aromatic carbocycles. The minimum absolute atomic E-state index is 0.0383. The van der Waals surface area contributed by atoms with E-state index in [4.69, 9.17) is 19.9 Å². The highest BCUT2D eigenvalue weighted by atomic mass is 19.4. The van der Waals surface area contributed by atoms with Crippen LogP contribution in [0.15, 0.2) is 30.3 Å². The summed E-state index contributed by atoms with van der Waals surface area (Å²) < 4.78 is 56.7. The Kier molecular flexibility index (Phi) is 6.20. The standard InChI is InChI=1S/C23H25F3N4O3/c1-12(14-6-15(23(24,25)26)8-16(27)7-14)28-22-18-9-21(33-17-4-5-32-11-17)20(31-3)10-19(18)29-13(2)30-22/h6-10,12,17H,4-5,11,27H2,1-3H3,(H,28,29,30)/t12?,17-/m0/s1. The Balaban J connectivity index is 1.71. The van der Waals surface area contributed by atoms with Crippen molar-refractivity contribution in [1.82, 2.24) is 9.97 Å². The van der Waals surface area contributed by atoms with E-state index in [-0.39, 0.29) is 11.8 Å². The summed E-state index contributed by atoms with van der Waals surface area (Å²) in [6.07, 6.45) is -3.81. The first kappa shape index (κ1) is 22.9. The molecule has 0 aliphatic carbocycles. The second-order valence-corrected chi connectivity index (χ2v) is 8.00. The van der Waals surface area contributed by atoms with Crippen molar-refractivity contribution in [2.24, 2.45) is 0 Å². The summed E-state index contributed by atoms with van der Waals surface area (Å²) in [4.78, 5) is 8.97. The molecule has 0 saturated carbocycles. The zero-order valence-corrected chi connectivity index (χ0v) is 18.5. The summed E-state index contributed by atoms with van der Waals surface area (Å²) in [5, 5.41) is 3.87. The molecule has 3 aromatic rings. The molecule has 0 radical (unpaired) electrons. The van der Waals surface area contributed by atoms with E-state index >= 15 is 0 Å². The van der Waals surface area contributed by atoms with Crippen LogP contribution in [0.3, 0.4) is 0 Å². The third kappa shape index (κ3) is 5.05. The topological polar surface area (TPSA) is 91.5 Å². The molecular weight excluding hydrogens is 437 g/mol. The number of nitrogens with zero attached hydrogens (tertiary/aromatic N) is 2.